The lowest BCUT2D eigenvalue weighted by atomic mass is 10.1. The van der Waals surface area contributed by atoms with Crippen molar-refractivity contribution in [2.75, 3.05) is 11.4 Å². The highest BCUT2D eigenvalue weighted by Gasteiger charge is 2.37. The number of anilines is 1. The third kappa shape index (κ3) is 2.83. The van der Waals surface area contributed by atoms with E-state index in [1.807, 2.05) is 35.2 Å². The molecular weight excluding hydrogens is 376 g/mol. The topological polar surface area (TPSA) is 75.7 Å². The minimum absolute atomic E-state index is 0.148. The molecule has 0 spiro atoms. The maximum atomic E-state index is 12.6. The molecule has 2 aliphatic heterocycles. The lowest BCUT2D eigenvalue weighted by Gasteiger charge is -2.33. The van der Waals surface area contributed by atoms with Crippen LogP contribution in [0.2, 0.25) is 0 Å². The number of carbonyl (C=O) groups excluding carboxylic acids is 1. The molecule has 28 heavy (non-hydrogen) atoms. The molecule has 3 aromatic carbocycles. The van der Waals surface area contributed by atoms with E-state index >= 15 is 0 Å². The number of benzene rings is 3. The molecule has 1 fully saturated rings. The predicted molar refractivity (Wildman–Crippen MR) is 106 cm³/mol. The summed E-state index contributed by atoms with van der Waals surface area (Å²) in [6, 6.07) is 17.9. The Kier molecular flexibility index (Phi) is 3.89. The first-order valence-electron chi connectivity index (χ1n) is 9.15. The molecule has 2 aliphatic rings. The van der Waals surface area contributed by atoms with Crippen molar-refractivity contribution in [3.8, 4) is 5.75 Å². The van der Waals surface area contributed by atoms with Gasteiger partial charge in [-0.15, -0.1) is 0 Å². The number of fused-ring (bicyclic) bond motifs is 4. The third-order valence-electron chi connectivity index (χ3n) is 5.27. The van der Waals surface area contributed by atoms with Gasteiger partial charge in [0, 0.05) is 12.6 Å². The molecule has 1 saturated heterocycles. The first-order chi connectivity index (χ1) is 13.5. The van der Waals surface area contributed by atoms with E-state index in [2.05, 4.69) is 4.72 Å². The van der Waals surface area contributed by atoms with Crippen molar-refractivity contribution in [1.29, 1.82) is 0 Å². The lowest BCUT2D eigenvalue weighted by Crippen LogP contribution is -2.48. The fourth-order valence-corrected chi connectivity index (χ4v) is 5.38. The van der Waals surface area contributed by atoms with Gasteiger partial charge < -0.3 is 9.64 Å². The van der Waals surface area contributed by atoms with Crippen LogP contribution in [-0.4, -0.2) is 27.1 Å². The highest BCUT2D eigenvalue weighted by atomic mass is 32.2. The summed E-state index contributed by atoms with van der Waals surface area (Å²) in [5, 5.41) is 1.97. The summed E-state index contributed by atoms with van der Waals surface area (Å²) >= 11 is 0. The molecule has 2 heterocycles. The SMILES string of the molecule is O=C(Oc1ccc2c(c1)S(=O)(=O)NC1CCCN21)c1ccc2ccccc2c1. The van der Waals surface area contributed by atoms with Gasteiger partial charge in [-0.2, -0.15) is 4.72 Å². The normalized spacial score (nSPS) is 19.9. The third-order valence-corrected chi connectivity index (χ3v) is 6.76. The van der Waals surface area contributed by atoms with Gasteiger partial charge in [0.25, 0.3) is 0 Å². The zero-order valence-corrected chi connectivity index (χ0v) is 15.8. The van der Waals surface area contributed by atoms with Crippen LogP contribution in [0, 0.1) is 0 Å². The van der Waals surface area contributed by atoms with Crippen LogP contribution < -0.4 is 14.4 Å². The van der Waals surface area contributed by atoms with Crippen LogP contribution in [0.5, 0.6) is 5.75 Å². The Morgan fingerprint density at radius 3 is 2.71 bits per heavy atom. The van der Waals surface area contributed by atoms with E-state index in [4.69, 9.17) is 4.74 Å². The highest BCUT2D eigenvalue weighted by molar-refractivity contribution is 7.89. The Bertz CT molecular complexity index is 1210. The molecule has 1 atom stereocenters. The summed E-state index contributed by atoms with van der Waals surface area (Å²) < 4.78 is 33.4. The lowest BCUT2D eigenvalue weighted by molar-refractivity contribution is 0.0734. The predicted octanol–water partition coefficient (Wildman–Crippen LogP) is 3.28. The molecule has 0 aliphatic carbocycles. The van der Waals surface area contributed by atoms with Crippen molar-refractivity contribution in [2.24, 2.45) is 0 Å². The van der Waals surface area contributed by atoms with Crippen molar-refractivity contribution in [3.05, 3.63) is 66.2 Å². The van der Waals surface area contributed by atoms with Crippen LogP contribution in [0.15, 0.2) is 65.6 Å². The molecule has 0 amide bonds. The van der Waals surface area contributed by atoms with Gasteiger partial charge in [-0.3, -0.25) is 0 Å². The molecular formula is C21H18N2O4S. The molecule has 7 heteroatoms. The van der Waals surface area contributed by atoms with E-state index in [-0.39, 0.29) is 16.8 Å². The average molecular weight is 394 g/mol. The van der Waals surface area contributed by atoms with Gasteiger partial charge >= 0.3 is 5.97 Å². The first kappa shape index (κ1) is 17.2. The number of sulfonamides is 1. The number of hydrogen-bond acceptors (Lipinski definition) is 5. The number of hydrogen-bond donors (Lipinski definition) is 1. The molecule has 5 rings (SSSR count). The van der Waals surface area contributed by atoms with Gasteiger partial charge in [-0.1, -0.05) is 30.3 Å². The second kappa shape index (κ2) is 6.32. The van der Waals surface area contributed by atoms with E-state index in [0.29, 0.717) is 11.3 Å². The van der Waals surface area contributed by atoms with Crippen molar-refractivity contribution in [2.45, 2.75) is 23.9 Å². The Balaban J connectivity index is 1.46. The Hall–Kier alpha value is -2.90. The minimum Gasteiger partial charge on any atom is -0.423 e. The second-order valence-electron chi connectivity index (χ2n) is 7.05. The van der Waals surface area contributed by atoms with E-state index < -0.39 is 16.0 Å². The molecule has 1 unspecified atom stereocenters. The Labute approximate surface area is 162 Å². The molecule has 0 aromatic heterocycles. The summed E-state index contributed by atoms with van der Waals surface area (Å²) in [4.78, 5) is 14.8. The van der Waals surface area contributed by atoms with E-state index in [1.54, 1.807) is 24.3 Å². The summed E-state index contributed by atoms with van der Waals surface area (Å²) in [5.74, 6) is -0.314. The standard InChI is InChI=1S/C21H18N2O4S/c24-21(16-8-7-14-4-1-2-5-15(14)12-16)27-17-9-10-18-19(13-17)28(25,26)22-20-6-3-11-23(18)20/h1-2,4-5,7-10,12-13,20,22H,3,6,11H2. The van der Waals surface area contributed by atoms with E-state index in [0.717, 1.165) is 30.2 Å². The van der Waals surface area contributed by atoms with Crippen LogP contribution >= 0.6 is 0 Å². The number of rotatable bonds is 2. The quantitative estimate of drug-likeness (QED) is 0.533. The Morgan fingerprint density at radius 2 is 1.86 bits per heavy atom. The fraction of sp³-hybridized carbons (Fsp3) is 0.190. The fourth-order valence-electron chi connectivity index (χ4n) is 3.91. The molecule has 142 valence electrons. The van der Waals surface area contributed by atoms with Gasteiger partial charge in [0.05, 0.1) is 17.4 Å². The zero-order chi connectivity index (χ0) is 19.3. The molecule has 0 radical (unpaired) electrons. The van der Waals surface area contributed by atoms with Gasteiger partial charge in [0.1, 0.15) is 10.6 Å². The van der Waals surface area contributed by atoms with Crippen LogP contribution in [0.4, 0.5) is 5.69 Å². The summed E-state index contributed by atoms with van der Waals surface area (Å²) in [6.45, 7) is 0.802. The largest absolute Gasteiger partial charge is 0.423 e. The summed E-state index contributed by atoms with van der Waals surface area (Å²) in [7, 11) is -3.63. The number of esters is 1. The summed E-state index contributed by atoms with van der Waals surface area (Å²) in [6.07, 6.45) is 1.53. The van der Waals surface area contributed by atoms with Crippen molar-refractivity contribution < 1.29 is 17.9 Å². The molecule has 0 saturated carbocycles. The van der Waals surface area contributed by atoms with Gasteiger partial charge in [0.15, 0.2) is 0 Å². The number of nitrogens with zero attached hydrogens (tertiary/aromatic N) is 1. The molecule has 1 N–H and O–H groups in total. The Morgan fingerprint density at radius 1 is 1.04 bits per heavy atom. The van der Waals surface area contributed by atoms with Crippen LogP contribution in [0.25, 0.3) is 10.8 Å². The minimum atomic E-state index is -3.63. The van der Waals surface area contributed by atoms with Crippen LogP contribution in [-0.2, 0) is 10.0 Å². The maximum absolute atomic E-state index is 12.6. The monoisotopic (exact) mass is 394 g/mol. The number of nitrogens with one attached hydrogen (secondary N) is 1. The second-order valence-corrected chi connectivity index (χ2v) is 8.74. The average Bonchev–Trinajstić information content (AvgIpc) is 3.15. The number of ether oxygens (including phenoxy) is 1. The first-order valence-corrected chi connectivity index (χ1v) is 10.6. The zero-order valence-electron chi connectivity index (χ0n) is 15.0. The van der Waals surface area contributed by atoms with E-state index in [9.17, 15) is 13.2 Å². The number of carbonyl (C=O) groups is 1. The molecule has 3 aromatic rings. The summed E-state index contributed by atoms with van der Waals surface area (Å²) in [5.41, 5.74) is 1.07. The van der Waals surface area contributed by atoms with Crippen molar-refractivity contribution in [1.82, 2.24) is 4.72 Å². The van der Waals surface area contributed by atoms with E-state index in [1.165, 1.54) is 6.07 Å². The van der Waals surface area contributed by atoms with Crippen molar-refractivity contribution in [3.63, 3.8) is 0 Å². The van der Waals surface area contributed by atoms with Gasteiger partial charge in [0.2, 0.25) is 10.0 Å². The van der Waals surface area contributed by atoms with Crippen LogP contribution in [0.3, 0.4) is 0 Å². The van der Waals surface area contributed by atoms with Crippen molar-refractivity contribution >= 4 is 32.5 Å². The molecule has 0 bridgehead atoms. The van der Waals surface area contributed by atoms with Gasteiger partial charge in [-0.25, -0.2) is 13.2 Å². The molecule has 6 nitrogen and oxygen atoms in total. The smallest absolute Gasteiger partial charge is 0.343 e. The van der Waals surface area contributed by atoms with Gasteiger partial charge in [-0.05, 0) is 47.9 Å². The maximum Gasteiger partial charge on any atom is 0.343 e. The van der Waals surface area contributed by atoms with Crippen LogP contribution in [0.1, 0.15) is 23.2 Å². The highest BCUT2D eigenvalue weighted by Crippen LogP contribution is 2.37.